The summed E-state index contributed by atoms with van der Waals surface area (Å²) in [5.74, 6) is 2.16. The summed E-state index contributed by atoms with van der Waals surface area (Å²) in [6, 6.07) is 3.94. The van der Waals surface area contributed by atoms with E-state index >= 15 is 0 Å². The first kappa shape index (κ1) is 17.5. The summed E-state index contributed by atoms with van der Waals surface area (Å²) in [6.45, 7) is 6.17. The molecule has 0 aliphatic carbocycles. The molecule has 1 aromatic heterocycles. The van der Waals surface area contributed by atoms with Gasteiger partial charge in [0.05, 0.1) is 13.2 Å². The van der Waals surface area contributed by atoms with Gasteiger partial charge in [0, 0.05) is 52.0 Å². The van der Waals surface area contributed by atoms with Crippen LogP contribution in [0.3, 0.4) is 0 Å². The van der Waals surface area contributed by atoms with E-state index in [0.717, 1.165) is 44.1 Å². The van der Waals surface area contributed by atoms with Crippen molar-refractivity contribution >= 4 is 5.96 Å². The predicted molar refractivity (Wildman–Crippen MR) is 91.8 cm³/mol. The van der Waals surface area contributed by atoms with Gasteiger partial charge in [0.25, 0.3) is 0 Å². The van der Waals surface area contributed by atoms with E-state index in [1.165, 1.54) is 0 Å². The van der Waals surface area contributed by atoms with Gasteiger partial charge < -0.3 is 19.7 Å². The molecule has 1 unspecified atom stereocenters. The van der Waals surface area contributed by atoms with Gasteiger partial charge in [-0.05, 0) is 18.4 Å². The SMILES string of the molecule is CCCOc1ccc(CNC(=NC)N(C)CC2CCOC2)cn1. The molecule has 0 saturated carbocycles. The molecular formula is C17H28N4O2. The predicted octanol–water partition coefficient (Wildman–Crippen LogP) is 1.91. The van der Waals surface area contributed by atoms with Gasteiger partial charge in [-0.2, -0.15) is 0 Å². The minimum atomic E-state index is 0.593. The highest BCUT2D eigenvalue weighted by Gasteiger charge is 2.18. The topological polar surface area (TPSA) is 59.0 Å². The lowest BCUT2D eigenvalue weighted by Crippen LogP contribution is -2.41. The van der Waals surface area contributed by atoms with Crippen LogP contribution in [-0.4, -0.2) is 56.3 Å². The van der Waals surface area contributed by atoms with Gasteiger partial charge in [-0.25, -0.2) is 4.98 Å². The molecule has 1 aliphatic heterocycles. The fraction of sp³-hybridized carbons (Fsp3) is 0.647. The van der Waals surface area contributed by atoms with Crippen molar-refractivity contribution in [2.75, 3.05) is 40.5 Å². The first-order valence-electron chi connectivity index (χ1n) is 8.30. The molecule has 128 valence electrons. The zero-order valence-electron chi connectivity index (χ0n) is 14.4. The number of guanidine groups is 1. The molecule has 2 rings (SSSR count). The monoisotopic (exact) mass is 320 g/mol. The van der Waals surface area contributed by atoms with Crippen LogP contribution < -0.4 is 10.1 Å². The van der Waals surface area contributed by atoms with Crippen LogP contribution in [0.1, 0.15) is 25.3 Å². The van der Waals surface area contributed by atoms with Gasteiger partial charge in [0.15, 0.2) is 5.96 Å². The van der Waals surface area contributed by atoms with Crippen LogP contribution in [0.25, 0.3) is 0 Å². The fourth-order valence-corrected chi connectivity index (χ4v) is 2.57. The molecule has 1 aliphatic rings. The van der Waals surface area contributed by atoms with Crippen LogP contribution in [0.2, 0.25) is 0 Å². The second-order valence-electron chi connectivity index (χ2n) is 5.86. The van der Waals surface area contributed by atoms with Crippen LogP contribution in [0, 0.1) is 5.92 Å². The number of hydrogen-bond acceptors (Lipinski definition) is 4. The minimum Gasteiger partial charge on any atom is -0.478 e. The minimum absolute atomic E-state index is 0.593. The van der Waals surface area contributed by atoms with Crippen molar-refractivity contribution in [3.63, 3.8) is 0 Å². The normalized spacial score (nSPS) is 18.0. The lowest BCUT2D eigenvalue weighted by Gasteiger charge is -2.24. The Morgan fingerprint density at radius 3 is 3.00 bits per heavy atom. The molecule has 2 heterocycles. The Balaban J connectivity index is 1.80. The van der Waals surface area contributed by atoms with Gasteiger partial charge in [0.1, 0.15) is 0 Å². The summed E-state index contributed by atoms with van der Waals surface area (Å²) in [6.07, 6.45) is 3.96. The molecule has 23 heavy (non-hydrogen) atoms. The van der Waals surface area contributed by atoms with Crippen LogP contribution >= 0.6 is 0 Å². The Bertz CT molecular complexity index is 484. The van der Waals surface area contributed by atoms with Crippen LogP contribution in [0.5, 0.6) is 5.88 Å². The summed E-state index contributed by atoms with van der Waals surface area (Å²) in [5.41, 5.74) is 1.10. The summed E-state index contributed by atoms with van der Waals surface area (Å²) in [5, 5.41) is 3.38. The van der Waals surface area contributed by atoms with Crippen molar-refractivity contribution in [1.82, 2.24) is 15.2 Å². The Labute approximate surface area is 138 Å². The molecule has 1 saturated heterocycles. The molecule has 0 amide bonds. The third-order valence-electron chi connectivity index (χ3n) is 3.83. The molecule has 6 heteroatoms. The number of ether oxygens (including phenoxy) is 2. The number of nitrogens with zero attached hydrogens (tertiary/aromatic N) is 3. The number of nitrogens with one attached hydrogen (secondary N) is 1. The van der Waals surface area contributed by atoms with Crippen LogP contribution in [0.4, 0.5) is 0 Å². The number of hydrogen-bond donors (Lipinski definition) is 1. The zero-order valence-corrected chi connectivity index (χ0v) is 14.4. The van der Waals surface area contributed by atoms with E-state index in [4.69, 9.17) is 9.47 Å². The standard InChI is InChI=1S/C17H28N4O2/c1-4-8-23-16-6-5-14(10-19-16)11-20-17(18-2)21(3)12-15-7-9-22-13-15/h5-6,10,15H,4,7-9,11-13H2,1-3H3,(H,18,20). The Hall–Kier alpha value is -1.82. The molecule has 0 radical (unpaired) electrons. The maximum absolute atomic E-state index is 5.49. The maximum Gasteiger partial charge on any atom is 0.213 e. The average molecular weight is 320 g/mol. The van der Waals surface area contributed by atoms with E-state index in [1.54, 1.807) is 0 Å². The zero-order chi connectivity index (χ0) is 16.5. The molecular weight excluding hydrogens is 292 g/mol. The quantitative estimate of drug-likeness (QED) is 0.614. The molecule has 1 fully saturated rings. The third kappa shape index (κ3) is 5.71. The first-order chi connectivity index (χ1) is 11.2. The lowest BCUT2D eigenvalue weighted by molar-refractivity contribution is 0.181. The maximum atomic E-state index is 5.49. The summed E-state index contributed by atoms with van der Waals surface area (Å²) in [7, 11) is 3.87. The van der Waals surface area contributed by atoms with Crippen molar-refractivity contribution in [2.24, 2.45) is 10.9 Å². The Morgan fingerprint density at radius 2 is 2.39 bits per heavy atom. The van der Waals surface area contributed by atoms with Crippen molar-refractivity contribution in [1.29, 1.82) is 0 Å². The van der Waals surface area contributed by atoms with Gasteiger partial charge in [-0.15, -0.1) is 0 Å². The highest BCUT2D eigenvalue weighted by atomic mass is 16.5. The Morgan fingerprint density at radius 1 is 1.52 bits per heavy atom. The fourth-order valence-electron chi connectivity index (χ4n) is 2.57. The largest absolute Gasteiger partial charge is 0.478 e. The third-order valence-corrected chi connectivity index (χ3v) is 3.83. The van der Waals surface area contributed by atoms with Gasteiger partial charge in [-0.3, -0.25) is 4.99 Å². The van der Waals surface area contributed by atoms with Crippen LogP contribution in [0.15, 0.2) is 23.3 Å². The Kier molecular flexibility index (Phi) is 7.13. The van der Waals surface area contributed by atoms with E-state index in [9.17, 15) is 0 Å². The number of pyridine rings is 1. The van der Waals surface area contributed by atoms with Crippen molar-refractivity contribution in [2.45, 2.75) is 26.3 Å². The number of rotatable bonds is 7. The highest BCUT2D eigenvalue weighted by molar-refractivity contribution is 5.79. The molecule has 0 aromatic carbocycles. The van der Waals surface area contributed by atoms with E-state index in [0.29, 0.717) is 24.9 Å². The molecule has 1 N–H and O–H groups in total. The molecule has 0 spiro atoms. The van der Waals surface area contributed by atoms with E-state index in [2.05, 4.69) is 34.2 Å². The highest BCUT2D eigenvalue weighted by Crippen LogP contribution is 2.13. The molecule has 1 aromatic rings. The van der Waals surface area contributed by atoms with Crippen LogP contribution in [-0.2, 0) is 11.3 Å². The summed E-state index contributed by atoms with van der Waals surface area (Å²) >= 11 is 0. The van der Waals surface area contributed by atoms with Crippen molar-refractivity contribution in [3.8, 4) is 5.88 Å². The van der Waals surface area contributed by atoms with Crippen molar-refractivity contribution in [3.05, 3.63) is 23.9 Å². The number of aliphatic imine (C=N–C) groups is 1. The van der Waals surface area contributed by atoms with E-state index < -0.39 is 0 Å². The molecule has 0 bridgehead atoms. The smallest absolute Gasteiger partial charge is 0.213 e. The lowest BCUT2D eigenvalue weighted by atomic mass is 10.1. The van der Waals surface area contributed by atoms with Crippen molar-refractivity contribution < 1.29 is 9.47 Å². The van der Waals surface area contributed by atoms with Gasteiger partial charge >= 0.3 is 0 Å². The summed E-state index contributed by atoms with van der Waals surface area (Å²) in [4.78, 5) is 10.8. The summed E-state index contributed by atoms with van der Waals surface area (Å²) < 4.78 is 10.9. The van der Waals surface area contributed by atoms with Gasteiger partial charge in [-0.1, -0.05) is 13.0 Å². The van der Waals surface area contributed by atoms with Gasteiger partial charge in [0.2, 0.25) is 5.88 Å². The van der Waals surface area contributed by atoms with E-state index in [1.807, 2.05) is 25.4 Å². The second-order valence-corrected chi connectivity index (χ2v) is 5.86. The number of aromatic nitrogens is 1. The second kappa shape index (κ2) is 9.35. The first-order valence-corrected chi connectivity index (χ1v) is 8.30. The van der Waals surface area contributed by atoms with E-state index in [-0.39, 0.29) is 0 Å². The average Bonchev–Trinajstić information content (AvgIpc) is 3.07. The molecule has 1 atom stereocenters. The molecule has 6 nitrogen and oxygen atoms in total.